The van der Waals surface area contributed by atoms with E-state index in [1.54, 1.807) is 0 Å². The third-order valence-electron chi connectivity index (χ3n) is 6.21. The van der Waals surface area contributed by atoms with Crippen LogP contribution >= 0.6 is 17.0 Å². The van der Waals surface area contributed by atoms with Gasteiger partial charge in [0.25, 0.3) is 0 Å². The molecule has 0 aliphatic heterocycles. The van der Waals surface area contributed by atoms with E-state index in [9.17, 15) is 0 Å². The summed E-state index contributed by atoms with van der Waals surface area (Å²) in [5, 5.41) is 5.58. The number of halogens is 2. The van der Waals surface area contributed by atoms with Crippen LogP contribution in [0.15, 0.2) is 60.7 Å². The predicted octanol–water partition coefficient (Wildman–Crippen LogP) is 11.9. The summed E-state index contributed by atoms with van der Waals surface area (Å²) in [6.07, 6.45) is 2.36. The number of hydrogen-bond acceptors (Lipinski definition) is 0. The van der Waals surface area contributed by atoms with Crippen LogP contribution in [-0.2, 0) is 33.7 Å². The average Bonchev–Trinajstić information content (AvgIpc) is 3.44. The number of hydrogen-bond donors (Lipinski definition) is 0. The average molecular weight is 647 g/mol. The van der Waals surface area contributed by atoms with Crippen molar-refractivity contribution >= 4 is 48.1 Å². The van der Waals surface area contributed by atoms with E-state index in [4.69, 9.17) is 17.0 Å². The Morgan fingerprint density at radius 3 is 1.21 bits per heavy atom. The predicted molar refractivity (Wildman–Crippen MR) is 174 cm³/mol. The first-order valence-corrected chi connectivity index (χ1v) is 22.2. The molecule has 0 aromatic heterocycles. The van der Waals surface area contributed by atoms with E-state index in [0.29, 0.717) is 11.8 Å². The van der Waals surface area contributed by atoms with E-state index in [1.807, 2.05) is 0 Å². The minimum absolute atomic E-state index is 0.626. The maximum absolute atomic E-state index is 4.93. The Balaban J connectivity index is 0.000000315. The van der Waals surface area contributed by atoms with E-state index in [2.05, 4.69) is 129 Å². The zero-order valence-electron chi connectivity index (χ0n) is 25.3. The Morgan fingerprint density at radius 2 is 0.947 bits per heavy atom. The molecular formula is C34H48Cl2SiZr. The van der Waals surface area contributed by atoms with Gasteiger partial charge in [-0.1, -0.05) is 79.6 Å². The Kier molecular flexibility index (Phi) is 17.4. The van der Waals surface area contributed by atoms with E-state index in [0.717, 1.165) is 21.4 Å². The molecule has 0 heterocycles. The Hall–Kier alpha value is -0.660. The van der Waals surface area contributed by atoms with Gasteiger partial charge in [-0.25, -0.2) is 0 Å². The molecule has 0 aliphatic carbocycles. The first-order valence-electron chi connectivity index (χ1n) is 13.9. The van der Waals surface area contributed by atoms with Crippen LogP contribution in [0.4, 0.5) is 0 Å². The Morgan fingerprint density at radius 1 is 0.632 bits per heavy atom. The monoisotopic (exact) mass is 644 g/mol. The first kappa shape index (κ1) is 35.4. The first-order chi connectivity index (χ1) is 17.9. The van der Waals surface area contributed by atoms with E-state index < -0.39 is 20.8 Å². The van der Waals surface area contributed by atoms with Crippen LogP contribution < -0.4 is 0 Å². The molecule has 4 aromatic rings. The van der Waals surface area contributed by atoms with Crippen LogP contribution in [0.5, 0.6) is 0 Å². The van der Waals surface area contributed by atoms with Crippen molar-refractivity contribution < 1.29 is 20.8 Å². The summed E-state index contributed by atoms with van der Waals surface area (Å²) in [5.41, 5.74) is 5.83. The Labute approximate surface area is 255 Å². The normalized spacial score (nSPS) is 10.7. The summed E-state index contributed by atoms with van der Waals surface area (Å²) in [6.45, 7) is 22.4. The fourth-order valence-electron chi connectivity index (χ4n) is 4.43. The Bertz CT molecular complexity index is 1090. The van der Waals surface area contributed by atoms with Crippen molar-refractivity contribution in [3.05, 3.63) is 82.9 Å². The van der Waals surface area contributed by atoms with Crippen molar-refractivity contribution in [2.75, 3.05) is 0 Å². The quantitative estimate of drug-likeness (QED) is 0.144. The van der Waals surface area contributed by atoms with Crippen molar-refractivity contribution in [1.29, 1.82) is 0 Å². The minimum atomic E-state index is -0.826. The second-order valence-electron chi connectivity index (χ2n) is 11.6. The van der Waals surface area contributed by atoms with E-state index in [1.165, 1.54) is 56.6 Å². The van der Waals surface area contributed by atoms with Crippen molar-refractivity contribution in [3.8, 4) is 0 Å². The van der Waals surface area contributed by atoms with Gasteiger partial charge in [0.15, 0.2) is 0 Å². The van der Waals surface area contributed by atoms with Gasteiger partial charge in [-0.15, -0.1) is 81.2 Å². The van der Waals surface area contributed by atoms with Crippen LogP contribution in [0.25, 0.3) is 21.5 Å². The standard InChI is InChI=1S/2C16H21.C2H6Si.2ClH.Zr/c2*1-11(2)7-13-5-6-14-9-15(12(3)4)10-16(14)8-13;1-3-2;;;/h2*5-6,8-12H,7H2,1-4H3;1-2H3;2*1H;/q2*-1;;;;+4/p-2. The van der Waals surface area contributed by atoms with Crippen molar-refractivity contribution in [2.45, 2.75) is 93.2 Å². The second kappa shape index (κ2) is 18.6. The summed E-state index contributed by atoms with van der Waals surface area (Å²) >= 11 is -0.826. The molecule has 0 saturated carbocycles. The van der Waals surface area contributed by atoms with E-state index in [-0.39, 0.29) is 0 Å². The zero-order chi connectivity index (χ0) is 28.8. The molecule has 38 heavy (non-hydrogen) atoms. The molecule has 0 saturated heterocycles. The molecule has 0 atom stereocenters. The third kappa shape index (κ3) is 12.7. The maximum atomic E-state index is 4.93. The van der Waals surface area contributed by atoms with Gasteiger partial charge in [0.2, 0.25) is 0 Å². The fraction of sp³-hybridized carbons (Fsp3) is 0.471. The van der Waals surface area contributed by atoms with Crippen LogP contribution in [0.2, 0.25) is 13.1 Å². The van der Waals surface area contributed by atoms with E-state index >= 15 is 0 Å². The molecule has 0 N–H and O–H groups in total. The molecule has 0 unspecified atom stereocenters. The third-order valence-corrected chi connectivity index (χ3v) is 6.21. The van der Waals surface area contributed by atoms with Gasteiger partial charge >= 0.3 is 37.9 Å². The summed E-state index contributed by atoms with van der Waals surface area (Å²) in [6, 6.07) is 23.1. The summed E-state index contributed by atoms with van der Waals surface area (Å²) in [7, 11) is 11.0. The van der Waals surface area contributed by atoms with Crippen LogP contribution in [0.3, 0.4) is 0 Å². The molecule has 4 rings (SSSR count). The molecular weight excluding hydrogens is 599 g/mol. The molecule has 0 spiro atoms. The molecule has 0 fully saturated rings. The summed E-state index contributed by atoms with van der Waals surface area (Å²) in [5.74, 6) is 2.72. The van der Waals surface area contributed by atoms with Crippen molar-refractivity contribution in [2.24, 2.45) is 11.8 Å². The van der Waals surface area contributed by atoms with Crippen LogP contribution in [0, 0.1) is 11.8 Å². The molecule has 4 heteroatoms. The van der Waals surface area contributed by atoms with Gasteiger partial charge in [-0.2, -0.15) is 12.1 Å². The van der Waals surface area contributed by atoms with Gasteiger partial charge < -0.3 is 0 Å². The van der Waals surface area contributed by atoms with Crippen molar-refractivity contribution in [1.82, 2.24) is 0 Å². The fourth-order valence-corrected chi connectivity index (χ4v) is 4.43. The molecule has 4 aromatic carbocycles. The SMILES string of the molecule is CC(C)Cc1ccc2[cH-]c(C(C)C)cc2c1.CC(C)Cc1ccc2[cH-]c(C(C)C)cc2c1.C[Si]C.[Cl][Zr+2][Cl]. The van der Waals surface area contributed by atoms with Gasteiger partial charge in [0.1, 0.15) is 0 Å². The number of fused-ring (bicyclic) bond motifs is 2. The van der Waals surface area contributed by atoms with Crippen LogP contribution in [-0.4, -0.2) is 9.52 Å². The van der Waals surface area contributed by atoms with Gasteiger partial charge in [0, 0.05) is 9.52 Å². The van der Waals surface area contributed by atoms with Crippen molar-refractivity contribution in [3.63, 3.8) is 0 Å². The molecule has 0 amide bonds. The molecule has 2 radical (unpaired) electrons. The molecule has 0 nitrogen and oxygen atoms in total. The summed E-state index contributed by atoms with van der Waals surface area (Å²) < 4.78 is 0. The van der Waals surface area contributed by atoms with Gasteiger partial charge in [0.05, 0.1) is 0 Å². The molecule has 0 bridgehead atoms. The topological polar surface area (TPSA) is 0 Å². The number of rotatable bonds is 6. The van der Waals surface area contributed by atoms with Crippen LogP contribution in [0.1, 0.15) is 89.5 Å². The summed E-state index contributed by atoms with van der Waals surface area (Å²) in [4.78, 5) is 0. The zero-order valence-corrected chi connectivity index (χ0v) is 30.2. The van der Waals surface area contributed by atoms with Gasteiger partial charge in [-0.3, -0.25) is 0 Å². The molecule has 0 aliphatic rings. The van der Waals surface area contributed by atoms with Gasteiger partial charge in [-0.05, 0) is 36.5 Å². The second-order valence-corrected chi connectivity index (χ2v) is 16.3. The molecule has 206 valence electrons. The number of benzene rings is 2.